The van der Waals surface area contributed by atoms with Crippen LogP contribution < -0.4 is 5.32 Å². The van der Waals surface area contributed by atoms with Gasteiger partial charge in [-0.3, -0.25) is 19.8 Å². The van der Waals surface area contributed by atoms with Crippen molar-refractivity contribution in [2.45, 2.75) is 26.8 Å². The van der Waals surface area contributed by atoms with Crippen LogP contribution in [0.2, 0.25) is 0 Å². The largest absolute Gasteiger partial charge is 0.465 e. The van der Waals surface area contributed by atoms with Gasteiger partial charge in [-0.2, -0.15) is 0 Å². The molecule has 1 amide bonds. The smallest absolute Gasteiger partial charge is 0.320 e. The van der Waals surface area contributed by atoms with Crippen molar-refractivity contribution in [2.24, 2.45) is 0 Å². The van der Waals surface area contributed by atoms with Crippen molar-refractivity contribution in [1.29, 1.82) is 0 Å². The van der Waals surface area contributed by atoms with E-state index in [1.807, 2.05) is 4.90 Å². The second-order valence-electron chi connectivity index (χ2n) is 5.43. The second kappa shape index (κ2) is 7.10. The van der Waals surface area contributed by atoms with Gasteiger partial charge in [0.1, 0.15) is 5.76 Å². The van der Waals surface area contributed by atoms with Crippen LogP contribution in [0.25, 0.3) is 0 Å². The number of thiazole rings is 1. The molecular weight excluding hydrogens is 332 g/mol. The van der Waals surface area contributed by atoms with Crippen molar-refractivity contribution in [2.75, 3.05) is 25.0 Å². The maximum Gasteiger partial charge on any atom is 0.320 e. The molecule has 2 aromatic rings. The van der Waals surface area contributed by atoms with Gasteiger partial charge in [0, 0.05) is 30.5 Å². The molecule has 0 spiro atoms. The summed E-state index contributed by atoms with van der Waals surface area (Å²) < 4.78 is 9.87. The van der Waals surface area contributed by atoms with Crippen molar-refractivity contribution in [1.82, 2.24) is 15.0 Å². The van der Waals surface area contributed by atoms with Gasteiger partial charge < -0.3 is 9.26 Å². The highest BCUT2D eigenvalue weighted by atomic mass is 32.1. The molecular formula is C15H18N4O4S. The molecule has 1 aliphatic rings. The number of ether oxygens (including phenoxy) is 1. The van der Waals surface area contributed by atoms with E-state index < -0.39 is 0 Å². The molecule has 128 valence electrons. The van der Waals surface area contributed by atoms with Gasteiger partial charge in [0.2, 0.25) is 0 Å². The highest BCUT2D eigenvalue weighted by molar-refractivity contribution is 7.15. The maximum atomic E-state index is 12.1. The molecule has 0 saturated heterocycles. The minimum absolute atomic E-state index is 0.222. The number of aryl methyl sites for hydroxylation is 1. The number of anilines is 1. The molecule has 1 N–H and O–H groups in total. The van der Waals surface area contributed by atoms with Crippen LogP contribution in [0.1, 0.15) is 33.7 Å². The van der Waals surface area contributed by atoms with Crippen molar-refractivity contribution >= 4 is 28.3 Å². The fourth-order valence-electron chi connectivity index (χ4n) is 2.46. The molecule has 0 radical (unpaired) electrons. The molecule has 8 nitrogen and oxygen atoms in total. The van der Waals surface area contributed by atoms with Crippen LogP contribution in [-0.4, -0.2) is 46.6 Å². The summed E-state index contributed by atoms with van der Waals surface area (Å²) in [6.07, 6.45) is 0.740. The fourth-order valence-corrected chi connectivity index (χ4v) is 3.51. The lowest BCUT2D eigenvalue weighted by Gasteiger charge is -2.24. The predicted octanol–water partition coefficient (Wildman–Crippen LogP) is 1.61. The van der Waals surface area contributed by atoms with E-state index in [2.05, 4.69) is 15.5 Å². The predicted molar refractivity (Wildman–Crippen MR) is 86.9 cm³/mol. The SMILES string of the molecule is CCOC(=O)CN1CCc2nc(NC(=O)c3cc(C)on3)sc2C1. The van der Waals surface area contributed by atoms with Gasteiger partial charge in [-0.15, -0.1) is 11.3 Å². The summed E-state index contributed by atoms with van der Waals surface area (Å²) in [6, 6.07) is 1.57. The molecule has 3 heterocycles. The maximum absolute atomic E-state index is 12.1. The van der Waals surface area contributed by atoms with E-state index in [4.69, 9.17) is 9.26 Å². The first kappa shape index (κ1) is 16.6. The summed E-state index contributed by atoms with van der Waals surface area (Å²) in [5.74, 6) is 0.00918. The summed E-state index contributed by atoms with van der Waals surface area (Å²) in [5, 5.41) is 6.96. The number of carbonyl (C=O) groups excluding carboxylic acids is 2. The van der Waals surface area contributed by atoms with E-state index in [-0.39, 0.29) is 24.1 Å². The first-order chi connectivity index (χ1) is 11.5. The Hall–Kier alpha value is -2.26. The average molecular weight is 350 g/mol. The zero-order chi connectivity index (χ0) is 17.1. The van der Waals surface area contributed by atoms with Gasteiger partial charge in [-0.25, -0.2) is 4.98 Å². The zero-order valence-corrected chi connectivity index (χ0v) is 14.3. The van der Waals surface area contributed by atoms with Crippen LogP contribution in [0.15, 0.2) is 10.6 Å². The number of amides is 1. The van der Waals surface area contributed by atoms with E-state index in [9.17, 15) is 9.59 Å². The molecule has 0 atom stereocenters. The van der Waals surface area contributed by atoms with Crippen LogP contribution in [-0.2, 0) is 22.5 Å². The van der Waals surface area contributed by atoms with Crippen molar-refractivity contribution in [3.05, 3.63) is 28.1 Å². The summed E-state index contributed by atoms with van der Waals surface area (Å²) >= 11 is 1.41. The van der Waals surface area contributed by atoms with Gasteiger partial charge >= 0.3 is 5.97 Å². The first-order valence-electron chi connectivity index (χ1n) is 7.66. The summed E-state index contributed by atoms with van der Waals surface area (Å²) in [6.45, 7) is 5.54. The van der Waals surface area contributed by atoms with Gasteiger partial charge in [0.05, 0.1) is 18.8 Å². The number of rotatable bonds is 5. The Balaban J connectivity index is 1.62. The fraction of sp³-hybridized carbons (Fsp3) is 0.467. The number of carbonyl (C=O) groups is 2. The molecule has 0 saturated carbocycles. The average Bonchev–Trinajstić information content (AvgIpc) is 3.12. The number of aromatic nitrogens is 2. The van der Waals surface area contributed by atoms with Crippen LogP contribution in [0, 0.1) is 6.92 Å². The molecule has 0 aliphatic carbocycles. The lowest BCUT2D eigenvalue weighted by atomic mass is 10.2. The Kier molecular flexibility index (Phi) is 4.91. The van der Waals surface area contributed by atoms with Crippen LogP contribution in [0.3, 0.4) is 0 Å². The van der Waals surface area contributed by atoms with Crippen LogP contribution >= 0.6 is 11.3 Å². The summed E-state index contributed by atoms with van der Waals surface area (Å²) in [5.41, 5.74) is 1.19. The third-order valence-corrected chi connectivity index (χ3v) is 4.55. The van der Waals surface area contributed by atoms with Gasteiger partial charge in [-0.05, 0) is 13.8 Å². The highest BCUT2D eigenvalue weighted by Gasteiger charge is 2.23. The van der Waals surface area contributed by atoms with Gasteiger partial charge in [0.15, 0.2) is 10.8 Å². The number of nitrogens with zero attached hydrogens (tertiary/aromatic N) is 3. The summed E-state index contributed by atoms with van der Waals surface area (Å²) in [4.78, 5) is 31.2. The number of nitrogens with one attached hydrogen (secondary N) is 1. The Labute approximate surface area is 142 Å². The number of hydrogen-bond acceptors (Lipinski definition) is 8. The Morgan fingerprint density at radius 3 is 3.04 bits per heavy atom. The molecule has 9 heteroatoms. The standard InChI is InChI=1S/C15H18N4O4S/c1-3-22-13(20)8-19-5-4-10-12(7-19)24-15(16-10)17-14(21)11-6-9(2)23-18-11/h6H,3-5,7-8H2,1-2H3,(H,16,17,21). The Bertz CT molecular complexity index is 754. The van der Waals surface area contributed by atoms with E-state index in [1.165, 1.54) is 11.3 Å². The van der Waals surface area contributed by atoms with Gasteiger partial charge in [0.25, 0.3) is 5.91 Å². The van der Waals surface area contributed by atoms with E-state index in [1.54, 1.807) is 19.9 Å². The monoisotopic (exact) mass is 350 g/mol. The topological polar surface area (TPSA) is 97.6 Å². The molecule has 0 fully saturated rings. The molecule has 0 aromatic carbocycles. The number of fused-ring (bicyclic) bond motifs is 1. The first-order valence-corrected chi connectivity index (χ1v) is 8.48. The third-order valence-electron chi connectivity index (χ3n) is 3.55. The molecule has 0 unspecified atom stereocenters. The van der Waals surface area contributed by atoms with E-state index in [0.717, 1.165) is 23.5 Å². The minimum Gasteiger partial charge on any atom is -0.465 e. The minimum atomic E-state index is -0.346. The Morgan fingerprint density at radius 2 is 2.33 bits per heavy atom. The van der Waals surface area contributed by atoms with E-state index >= 15 is 0 Å². The number of hydrogen-bond donors (Lipinski definition) is 1. The van der Waals surface area contributed by atoms with Crippen molar-refractivity contribution < 1.29 is 18.8 Å². The summed E-state index contributed by atoms with van der Waals surface area (Å²) in [7, 11) is 0. The quantitative estimate of drug-likeness (QED) is 0.818. The van der Waals surface area contributed by atoms with Crippen molar-refractivity contribution in [3.63, 3.8) is 0 Å². The number of esters is 1. The highest BCUT2D eigenvalue weighted by Crippen LogP contribution is 2.28. The molecule has 1 aliphatic heterocycles. The normalized spacial score (nSPS) is 14.2. The molecule has 0 bridgehead atoms. The molecule has 24 heavy (non-hydrogen) atoms. The lowest BCUT2D eigenvalue weighted by molar-refractivity contribution is -0.144. The van der Waals surface area contributed by atoms with Crippen molar-refractivity contribution in [3.8, 4) is 0 Å². The third kappa shape index (κ3) is 3.80. The van der Waals surface area contributed by atoms with E-state index in [0.29, 0.717) is 24.0 Å². The molecule has 2 aromatic heterocycles. The van der Waals surface area contributed by atoms with Crippen LogP contribution in [0.4, 0.5) is 5.13 Å². The van der Waals surface area contributed by atoms with Gasteiger partial charge in [-0.1, -0.05) is 5.16 Å². The second-order valence-corrected chi connectivity index (χ2v) is 6.52. The Morgan fingerprint density at radius 1 is 1.50 bits per heavy atom. The lowest BCUT2D eigenvalue weighted by Crippen LogP contribution is -2.35. The zero-order valence-electron chi connectivity index (χ0n) is 13.5. The van der Waals surface area contributed by atoms with Crippen LogP contribution in [0.5, 0.6) is 0 Å². The molecule has 3 rings (SSSR count).